The van der Waals surface area contributed by atoms with Crippen molar-refractivity contribution in [3.05, 3.63) is 29.8 Å². The number of nitrogen functional groups attached to an aromatic ring is 1. The molecule has 2 N–H and O–H groups in total. The van der Waals surface area contributed by atoms with E-state index < -0.39 is 0 Å². The van der Waals surface area contributed by atoms with Crippen molar-refractivity contribution in [1.29, 1.82) is 0 Å². The van der Waals surface area contributed by atoms with Gasteiger partial charge < -0.3 is 10.6 Å². The van der Waals surface area contributed by atoms with Crippen LogP contribution in [0.4, 0.5) is 5.69 Å². The lowest BCUT2D eigenvalue weighted by Gasteiger charge is -2.28. The largest absolute Gasteiger partial charge is 0.399 e. The Morgan fingerprint density at radius 3 is 2.42 bits per heavy atom. The van der Waals surface area contributed by atoms with Gasteiger partial charge in [0.15, 0.2) is 0 Å². The lowest BCUT2D eigenvalue weighted by Crippen LogP contribution is -2.34. The molecule has 106 valence electrons. The molecule has 1 fully saturated rings. The van der Waals surface area contributed by atoms with Gasteiger partial charge in [-0.2, -0.15) is 0 Å². The molecule has 1 atom stereocenters. The van der Waals surface area contributed by atoms with Crippen LogP contribution < -0.4 is 5.73 Å². The van der Waals surface area contributed by atoms with Gasteiger partial charge in [-0.3, -0.25) is 0 Å². The van der Waals surface area contributed by atoms with Crippen molar-refractivity contribution in [3.8, 4) is 0 Å². The van der Waals surface area contributed by atoms with Crippen LogP contribution in [-0.2, 0) is 0 Å². The van der Waals surface area contributed by atoms with Gasteiger partial charge in [0.05, 0.1) is 0 Å². The first-order valence-corrected chi connectivity index (χ1v) is 7.80. The van der Waals surface area contributed by atoms with Crippen molar-refractivity contribution in [2.45, 2.75) is 57.9 Å². The molecule has 0 aliphatic heterocycles. The number of anilines is 1. The molecule has 2 nitrogen and oxygen atoms in total. The van der Waals surface area contributed by atoms with Crippen LogP contribution in [0.1, 0.15) is 57.4 Å². The summed E-state index contributed by atoms with van der Waals surface area (Å²) in [5.41, 5.74) is 8.02. The van der Waals surface area contributed by atoms with Gasteiger partial charge in [-0.25, -0.2) is 0 Å². The molecule has 1 saturated carbocycles. The van der Waals surface area contributed by atoms with E-state index in [0.29, 0.717) is 5.92 Å². The average Bonchev–Trinajstić information content (AvgIpc) is 2.94. The molecular formula is C17H28N2. The van der Waals surface area contributed by atoms with Crippen molar-refractivity contribution in [3.63, 3.8) is 0 Å². The minimum Gasteiger partial charge on any atom is -0.399 e. The molecule has 0 aromatic heterocycles. The summed E-state index contributed by atoms with van der Waals surface area (Å²) in [5.74, 6) is 0.621. The summed E-state index contributed by atoms with van der Waals surface area (Å²) in [5, 5.41) is 0. The van der Waals surface area contributed by atoms with Crippen LogP contribution in [0, 0.1) is 0 Å². The normalized spacial score (nSPS) is 18.1. The fourth-order valence-corrected chi connectivity index (χ4v) is 3.22. The van der Waals surface area contributed by atoms with Crippen LogP contribution in [0.25, 0.3) is 0 Å². The van der Waals surface area contributed by atoms with Crippen molar-refractivity contribution < 1.29 is 0 Å². The maximum Gasteiger partial charge on any atom is 0.0314 e. The minimum atomic E-state index is 0.621. The second-order valence-electron chi connectivity index (χ2n) is 5.92. The molecule has 0 radical (unpaired) electrons. The van der Waals surface area contributed by atoms with Gasteiger partial charge in [-0.1, -0.05) is 38.8 Å². The zero-order valence-electron chi connectivity index (χ0n) is 12.4. The summed E-state index contributed by atoms with van der Waals surface area (Å²) in [7, 11) is 0. The van der Waals surface area contributed by atoms with E-state index >= 15 is 0 Å². The summed E-state index contributed by atoms with van der Waals surface area (Å²) in [6.07, 6.45) is 6.91. The number of nitrogens with zero attached hydrogens (tertiary/aromatic N) is 1. The minimum absolute atomic E-state index is 0.621. The van der Waals surface area contributed by atoms with Gasteiger partial charge in [0, 0.05) is 11.7 Å². The number of hydrogen-bond donors (Lipinski definition) is 1. The fraction of sp³-hybridized carbons (Fsp3) is 0.647. The summed E-state index contributed by atoms with van der Waals surface area (Å²) in [6, 6.07) is 9.22. The Balaban J connectivity index is 1.84. The third kappa shape index (κ3) is 3.97. The zero-order valence-corrected chi connectivity index (χ0v) is 12.4. The standard InChI is InChI=1S/C17H28N2/c1-3-19(17-6-4-5-7-17)13-12-14(2)15-8-10-16(18)11-9-15/h8-11,14,17H,3-7,12-13,18H2,1-2H3. The molecule has 19 heavy (non-hydrogen) atoms. The maximum atomic E-state index is 5.75. The Hall–Kier alpha value is -1.02. The first-order valence-electron chi connectivity index (χ1n) is 7.80. The first kappa shape index (κ1) is 14.4. The van der Waals surface area contributed by atoms with Crippen LogP contribution in [-0.4, -0.2) is 24.0 Å². The summed E-state index contributed by atoms with van der Waals surface area (Å²) in [6.45, 7) is 7.05. The monoisotopic (exact) mass is 260 g/mol. The van der Waals surface area contributed by atoms with E-state index in [9.17, 15) is 0 Å². The highest BCUT2D eigenvalue weighted by molar-refractivity contribution is 5.40. The summed E-state index contributed by atoms with van der Waals surface area (Å²) >= 11 is 0. The molecule has 0 amide bonds. The van der Waals surface area contributed by atoms with Crippen molar-refractivity contribution in [2.24, 2.45) is 0 Å². The Labute approximate surface area is 118 Å². The highest BCUT2D eigenvalue weighted by atomic mass is 15.1. The van der Waals surface area contributed by atoms with E-state index in [1.54, 1.807) is 0 Å². The van der Waals surface area contributed by atoms with Crippen molar-refractivity contribution >= 4 is 5.69 Å². The van der Waals surface area contributed by atoms with Crippen molar-refractivity contribution in [2.75, 3.05) is 18.8 Å². The summed E-state index contributed by atoms with van der Waals surface area (Å²) in [4.78, 5) is 2.68. The van der Waals surface area contributed by atoms with Crippen LogP contribution in [0.2, 0.25) is 0 Å². The van der Waals surface area contributed by atoms with E-state index in [1.807, 2.05) is 12.1 Å². The fourth-order valence-electron chi connectivity index (χ4n) is 3.22. The van der Waals surface area contributed by atoms with Crippen LogP contribution in [0.3, 0.4) is 0 Å². The van der Waals surface area contributed by atoms with Crippen LogP contribution in [0.15, 0.2) is 24.3 Å². The van der Waals surface area contributed by atoms with Gasteiger partial charge in [0.1, 0.15) is 0 Å². The van der Waals surface area contributed by atoms with E-state index in [4.69, 9.17) is 5.73 Å². The molecule has 0 saturated heterocycles. The Bertz CT molecular complexity index is 365. The molecule has 2 rings (SSSR count). The van der Waals surface area contributed by atoms with E-state index in [-0.39, 0.29) is 0 Å². The van der Waals surface area contributed by atoms with Crippen LogP contribution in [0.5, 0.6) is 0 Å². The van der Waals surface area contributed by atoms with Gasteiger partial charge in [0.25, 0.3) is 0 Å². The lowest BCUT2D eigenvalue weighted by molar-refractivity contribution is 0.202. The number of nitrogens with two attached hydrogens (primary N) is 1. The Kier molecular flexibility index (Phi) is 5.26. The Morgan fingerprint density at radius 1 is 1.21 bits per heavy atom. The van der Waals surface area contributed by atoms with E-state index in [2.05, 4.69) is 30.9 Å². The molecule has 1 aromatic rings. The zero-order chi connectivity index (χ0) is 13.7. The third-order valence-corrected chi connectivity index (χ3v) is 4.60. The predicted octanol–water partition coefficient (Wildman–Crippen LogP) is 4.03. The van der Waals surface area contributed by atoms with Gasteiger partial charge in [-0.05, 0) is 56.0 Å². The molecule has 0 heterocycles. The van der Waals surface area contributed by atoms with Gasteiger partial charge >= 0.3 is 0 Å². The third-order valence-electron chi connectivity index (χ3n) is 4.60. The smallest absolute Gasteiger partial charge is 0.0314 e. The average molecular weight is 260 g/mol. The second kappa shape index (κ2) is 6.95. The first-order chi connectivity index (χ1) is 9.20. The van der Waals surface area contributed by atoms with E-state index in [0.717, 1.165) is 11.7 Å². The molecule has 1 unspecified atom stereocenters. The quantitative estimate of drug-likeness (QED) is 0.783. The summed E-state index contributed by atoms with van der Waals surface area (Å²) < 4.78 is 0. The topological polar surface area (TPSA) is 29.3 Å². The number of benzene rings is 1. The lowest BCUT2D eigenvalue weighted by atomic mass is 9.97. The number of hydrogen-bond acceptors (Lipinski definition) is 2. The SMILES string of the molecule is CCN(CCC(C)c1ccc(N)cc1)C1CCCC1. The highest BCUT2D eigenvalue weighted by Gasteiger charge is 2.21. The highest BCUT2D eigenvalue weighted by Crippen LogP contribution is 2.26. The van der Waals surface area contributed by atoms with Crippen LogP contribution >= 0.6 is 0 Å². The predicted molar refractivity (Wildman–Crippen MR) is 83.4 cm³/mol. The maximum absolute atomic E-state index is 5.75. The van der Waals surface area contributed by atoms with Crippen molar-refractivity contribution in [1.82, 2.24) is 4.90 Å². The molecule has 1 aromatic carbocycles. The molecule has 1 aliphatic carbocycles. The molecule has 1 aliphatic rings. The molecule has 0 spiro atoms. The van der Waals surface area contributed by atoms with Gasteiger partial charge in [0.2, 0.25) is 0 Å². The number of rotatable bonds is 6. The molecular weight excluding hydrogens is 232 g/mol. The Morgan fingerprint density at radius 2 is 1.84 bits per heavy atom. The molecule has 0 bridgehead atoms. The second-order valence-corrected chi connectivity index (χ2v) is 5.92. The van der Waals surface area contributed by atoms with E-state index in [1.165, 1.54) is 50.8 Å². The molecule has 2 heteroatoms. The van der Waals surface area contributed by atoms with Gasteiger partial charge in [-0.15, -0.1) is 0 Å².